The minimum atomic E-state index is -0.216. The first-order valence-corrected chi connectivity index (χ1v) is 5.61. The topological polar surface area (TPSA) is 17.1 Å². The summed E-state index contributed by atoms with van der Waals surface area (Å²) in [6.45, 7) is 2.10. The molecule has 1 aromatic rings. The summed E-state index contributed by atoms with van der Waals surface area (Å²) in [7, 11) is 0. The second-order valence-corrected chi connectivity index (χ2v) is 4.34. The van der Waals surface area contributed by atoms with Crippen LogP contribution in [-0.2, 0) is 4.79 Å². The van der Waals surface area contributed by atoms with Gasteiger partial charge in [0, 0.05) is 6.42 Å². The molecule has 0 bridgehead atoms. The van der Waals surface area contributed by atoms with Crippen molar-refractivity contribution >= 4 is 11.9 Å². The Morgan fingerprint density at radius 3 is 2.69 bits per heavy atom. The van der Waals surface area contributed by atoms with Gasteiger partial charge in [-0.3, -0.25) is 0 Å². The first-order valence-electron chi connectivity index (χ1n) is 5.61. The Morgan fingerprint density at radius 2 is 2.06 bits per heavy atom. The van der Waals surface area contributed by atoms with Crippen molar-refractivity contribution in [3.8, 4) is 0 Å². The van der Waals surface area contributed by atoms with E-state index in [-0.39, 0.29) is 5.82 Å². The van der Waals surface area contributed by atoms with Crippen LogP contribution in [0.3, 0.4) is 0 Å². The summed E-state index contributed by atoms with van der Waals surface area (Å²) >= 11 is 0. The number of rotatable bonds is 3. The Balaban J connectivity index is 2.33. The lowest BCUT2D eigenvalue weighted by atomic mass is 9.92. The van der Waals surface area contributed by atoms with Crippen molar-refractivity contribution < 1.29 is 9.18 Å². The zero-order valence-corrected chi connectivity index (χ0v) is 9.37. The summed E-state index contributed by atoms with van der Waals surface area (Å²) in [6.07, 6.45) is 3.64. The highest BCUT2D eigenvalue weighted by atomic mass is 19.1. The zero-order chi connectivity index (χ0) is 11.5. The molecule has 1 aromatic carbocycles. The Kier molecular flexibility index (Phi) is 3.18. The Morgan fingerprint density at radius 1 is 1.38 bits per heavy atom. The SMILES string of the molecule is CC1=C(c2ccc(F)cc2)C(CC=O)CC1. The van der Waals surface area contributed by atoms with Gasteiger partial charge in [-0.15, -0.1) is 0 Å². The van der Waals surface area contributed by atoms with Gasteiger partial charge in [-0.2, -0.15) is 0 Å². The van der Waals surface area contributed by atoms with Crippen LogP contribution < -0.4 is 0 Å². The number of benzene rings is 1. The van der Waals surface area contributed by atoms with Crippen molar-refractivity contribution in [1.82, 2.24) is 0 Å². The highest BCUT2D eigenvalue weighted by molar-refractivity contribution is 5.74. The van der Waals surface area contributed by atoms with Crippen molar-refractivity contribution in [2.45, 2.75) is 26.2 Å². The number of hydrogen-bond acceptors (Lipinski definition) is 1. The van der Waals surface area contributed by atoms with Crippen LogP contribution in [0.5, 0.6) is 0 Å². The molecule has 0 fully saturated rings. The summed E-state index contributed by atoms with van der Waals surface area (Å²) in [5, 5.41) is 0. The van der Waals surface area contributed by atoms with Gasteiger partial charge < -0.3 is 4.79 Å². The third-order valence-electron chi connectivity index (χ3n) is 3.27. The first kappa shape index (κ1) is 11.1. The largest absolute Gasteiger partial charge is 0.303 e. The zero-order valence-electron chi connectivity index (χ0n) is 9.37. The fourth-order valence-electron chi connectivity index (χ4n) is 2.48. The Labute approximate surface area is 95.0 Å². The van der Waals surface area contributed by atoms with E-state index < -0.39 is 0 Å². The number of allylic oxidation sites excluding steroid dienone is 2. The molecule has 0 N–H and O–H groups in total. The van der Waals surface area contributed by atoms with E-state index in [1.54, 1.807) is 12.1 Å². The number of halogens is 1. The second-order valence-electron chi connectivity index (χ2n) is 4.34. The van der Waals surface area contributed by atoms with Crippen molar-refractivity contribution in [2.24, 2.45) is 5.92 Å². The average Bonchev–Trinajstić information content (AvgIpc) is 2.62. The number of carbonyl (C=O) groups is 1. The smallest absolute Gasteiger partial charge is 0.123 e. The van der Waals surface area contributed by atoms with Crippen LogP contribution in [-0.4, -0.2) is 6.29 Å². The van der Waals surface area contributed by atoms with Crippen LogP contribution in [0.25, 0.3) is 5.57 Å². The summed E-state index contributed by atoms with van der Waals surface area (Å²) in [4.78, 5) is 10.6. The third-order valence-corrected chi connectivity index (χ3v) is 3.27. The maximum absolute atomic E-state index is 12.8. The van der Waals surface area contributed by atoms with Crippen LogP contribution in [0.15, 0.2) is 29.8 Å². The van der Waals surface area contributed by atoms with Gasteiger partial charge in [-0.25, -0.2) is 4.39 Å². The summed E-state index contributed by atoms with van der Waals surface area (Å²) in [5.74, 6) is 0.106. The van der Waals surface area contributed by atoms with Gasteiger partial charge in [-0.1, -0.05) is 17.7 Å². The molecule has 1 aliphatic rings. The third kappa shape index (κ3) is 2.06. The second kappa shape index (κ2) is 4.60. The molecule has 0 aliphatic heterocycles. The van der Waals surface area contributed by atoms with Gasteiger partial charge in [0.15, 0.2) is 0 Å². The molecule has 16 heavy (non-hydrogen) atoms. The summed E-state index contributed by atoms with van der Waals surface area (Å²) in [6, 6.07) is 6.56. The standard InChI is InChI=1S/C14H15FO/c1-10-2-3-12(8-9-16)14(10)11-4-6-13(15)7-5-11/h4-7,9,12H,2-3,8H2,1H3. The number of carbonyl (C=O) groups excluding carboxylic acids is 1. The molecule has 2 rings (SSSR count). The van der Waals surface area contributed by atoms with Gasteiger partial charge >= 0.3 is 0 Å². The predicted molar refractivity (Wildman–Crippen MR) is 62.4 cm³/mol. The first-order chi connectivity index (χ1) is 7.72. The van der Waals surface area contributed by atoms with Gasteiger partial charge in [0.05, 0.1) is 0 Å². The number of aldehydes is 1. The molecule has 0 radical (unpaired) electrons. The van der Waals surface area contributed by atoms with Crippen LogP contribution in [0.2, 0.25) is 0 Å². The molecular weight excluding hydrogens is 203 g/mol. The molecule has 1 nitrogen and oxygen atoms in total. The van der Waals surface area contributed by atoms with Crippen molar-refractivity contribution in [3.63, 3.8) is 0 Å². The quantitative estimate of drug-likeness (QED) is 0.708. The summed E-state index contributed by atoms with van der Waals surface area (Å²) < 4.78 is 12.8. The Hall–Kier alpha value is -1.44. The summed E-state index contributed by atoms with van der Waals surface area (Å²) in [5.41, 5.74) is 3.63. The van der Waals surface area contributed by atoms with Gasteiger partial charge in [0.2, 0.25) is 0 Å². The molecular formula is C14H15FO. The van der Waals surface area contributed by atoms with Crippen LogP contribution in [0, 0.1) is 11.7 Å². The van der Waals surface area contributed by atoms with E-state index in [0.717, 1.165) is 24.7 Å². The van der Waals surface area contributed by atoms with E-state index in [1.807, 2.05) is 0 Å². The molecule has 2 heteroatoms. The lowest BCUT2D eigenvalue weighted by Crippen LogP contribution is -2.00. The molecule has 0 aromatic heterocycles. The fraction of sp³-hybridized carbons (Fsp3) is 0.357. The van der Waals surface area contributed by atoms with Crippen molar-refractivity contribution in [3.05, 3.63) is 41.2 Å². The minimum Gasteiger partial charge on any atom is -0.303 e. The molecule has 1 atom stereocenters. The lowest BCUT2D eigenvalue weighted by molar-refractivity contribution is -0.108. The monoisotopic (exact) mass is 218 g/mol. The van der Waals surface area contributed by atoms with E-state index in [1.165, 1.54) is 23.3 Å². The maximum Gasteiger partial charge on any atom is 0.123 e. The number of hydrogen-bond donors (Lipinski definition) is 0. The molecule has 1 unspecified atom stereocenters. The van der Waals surface area contributed by atoms with Crippen molar-refractivity contribution in [1.29, 1.82) is 0 Å². The van der Waals surface area contributed by atoms with E-state index in [4.69, 9.17) is 0 Å². The van der Waals surface area contributed by atoms with Crippen LogP contribution >= 0.6 is 0 Å². The van der Waals surface area contributed by atoms with Gasteiger partial charge in [-0.05, 0) is 49.0 Å². The van der Waals surface area contributed by atoms with E-state index in [2.05, 4.69) is 6.92 Å². The highest BCUT2D eigenvalue weighted by Gasteiger charge is 2.23. The molecule has 0 spiro atoms. The molecule has 0 saturated carbocycles. The van der Waals surface area contributed by atoms with Gasteiger partial charge in [0.1, 0.15) is 12.1 Å². The van der Waals surface area contributed by atoms with E-state index in [0.29, 0.717) is 12.3 Å². The van der Waals surface area contributed by atoms with Gasteiger partial charge in [0.25, 0.3) is 0 Å². The molecule has 84 valence electrons. The minimum absolute atomic E-state index is 0.216. The van der Waals surface area contributed by atoms with E-state index >= 15 is 0 Å². The predicted octanol–water partition coefficient (Wildman–Crippen LogP) is 3.60. The van der Waals surface area contributed by atoms with Crippen LogP contribution in [0.4, 0.5) is 4.39 Å². The van der Waals surface area contributed by atoms with E-state index in [9.17, 15) is 9.18 Å². The highest BCUT2D eigenvalue weighted by Crippen LogP contribution is 2.40. The maximum atomic E-state index is 12.8. The molecule has 1 aliphatic carbocycles. The van der Waals surface area contributed by atoms with Crippen molar-refractivity contribution in [2.75, 3.05) is 0 Å². The van der Waals surface area contributed by atoms with Crippen LogP contribution in [0.1, 0.15) is 31.7 Å². The molecule has 0 amide bonds. The normalized spacial score (nSPS) is 20.2. The lowest BCUT2D eigenvalue weighted by Gasteiger charge is -2.13. The average molecular weight is 218 g/mol. The molecule has 0 saturated heterocycles. The Bertz CT molecular complexity index is 417. The fourth-order valence-corrected chi connectivity index (χ4v) is 2.48. The molecule has 0 heterocycles.